The van der Waals surface area contributed by atoms with E-state index in [9.17, 15) is 14.4 Å². The van der Waals surface area contributed by atoms with Crippen LogP contribution in [-0.2, 0) is 4.74 Å². The molecule has 10 heteroatoms. The third-order valence-electron chi connectivity index (χ3n) is 4.91. The Labute approximate surface area is 182 Å². The minimum absolute atomic E-state index is 0.0424. The van der Waals surface area contributed by atoms with Crippen LogP contribution in [0.2, 0.25) is 0 Å². The molecular weight excluding hydrogens is 456 g/mol. The van der Waals surface area contributed by atoms with Gasteiger partial charge in [-0.1, -0.05) is 13.3 Å². The molecule has 0 unspecified atom stereocenters. The summed E-state index contributed by atoms with van der Waals surface area (Å²) in [6.07, 6.45) is 3.14. The second-order valence-electron chi connectivity index (χ2n) is 7.25. The summed E-state index contributed by atoms with van der Waals surface area (Å²) in [7, 11) is 1.22. The monoisotopic (exact) mass is 480 g/mol. The molecule has 2 amide bonds. The third kappa shape index (κ3) is 4.00. The number of urea groups is 1. The van der Waals surface area contributed by atoms with E-state index in [0.717, 1.165) is 12.8 Å². The molecule has 0 aromatic carbocycles. The van der Waals surface area contributed by atoms with Gasteiger partial charge in [-0.2, -0.15) is 0 Å². The number of amides is 2. The molecule has 1 saturated heterocycles. The Bertz CT molecular complexity index is 1040. The molecule has 0 spiro atoms. The van der Waals surface area contributed by atoms with E-state index < -0.39 is 11.5 Å². The van der Waals surface area contributed by atoms with Crippen LogP contribution < -0.4 is 15.2 Å². The minimum atomic E-state index is -0.772. The van der Waals surface area contributed by atoms with Gasteiger partial charge < -0.3 is 14.4 Å². The minimum Gasteiger partial charge on any atom is -0.486 e. The number of esters is 1. The molecule has 9 nitrogen and oxygen atoms in total. The van der Waals surface area contributed by atoms with Crippen LogP contribution >= 0.6 is 15.9 Å². The number of fused-ring (bicyclic) bond motifs is 1. The lowest BCUT2D eigenvalue weighted by Crippen LogP contribution is -2.36. The zero-order valence-corrected chi connectivity index (χ0v) is 19.1. The Kier molecular flexibility index (Phi) is 6.64. The van der Waals surface area contributed by atoms with Crippen LogP contribution in [0.15, 0.2) is 21.5 Å². The van der Waals surface area contributed by atoms with Crippen molar-refractivity contribution < 1.29 is 19.1 Å². The normalized spacial score (nSPS) is 14.1. The van der Waals surface area contributed by atoms with Crippen LogP contribution in [0.4, 0.5) is 10.5 Å². The Morgan fingerprint density at radius 1 is 1.30 bits per heavy atom. The summed E-state index contributed by atoms with van der Waals surface area (Å²) in [5.41, 5.74) is -0.119. The van der Waals surface area contributed by atoms with E-state index in [4.69, 9.17) is 9.47 Å². The molecule has 0 bridgehead atoms. The fraction of sp³-hybridized carbons (Fsp3) is 0.500. The van der Waals surface area contributed by atoms with E-state index in [1.807, 2.05) is 20.8 Å². The summed E-state index contributed by atoms with van der Waals surface area (Å²) in [5, 5.41) is 0. The molecule has 1 aliphatic heterocycles. The van der Waals surface area contributed by atoms with E-state index in [1.54, 1.807) is 22.1 Å². The highest BCUT2D eigenvalue weighted by atomic mass is 79.9. The first kappa shape index (κ1) is 22.1. The van der Waals surface area contributed by atoms with E-state index >= 15 is 0 Å². The molecule has 1 aliphatic rings. The number of halogens is 1. The number of unbranched alkanes of at least 4 members (excludes halogenated alkanes) is 1. The largest absolute Gasteiger partial charge is 0.486 e. The summed E-state index contributed by atoms with van der Waals surface area (Å²) in [5.74, 6) is -0.931. The van der Waals surface area contributed by atoms with Gasteiger partial charge in [-0.05, 0) is 42.3 Å². The number of hydrogen-bond donors (Lipinski definition) is 0. The van der Waals surface area contributed by atoms with Crippen molar-refractivity contribution >= 4 is 39.3 Å². The number of pyridine rings is 1. The number of hydrogen-bond acceptors (Lipinski definition) is 6. The Morgan fingerprint density at radius 3 is 2.63 bits per heavy atom. The molecular formula is C20H25BrN4O5. The summed E-state index contributed by atoms with van der Waals surface area (Å²) >= 11 is 3.41. The quantitative estimate of drug-likeness (QED) is 0.446. The van der Waals surface area contributed by atoms with Crippen LogP contribution in [0, 0.1) is 0 Å². The standard InChI is InChI=1S/C20H25BrN4O5/c1-5-6-9-30-16-15(19(27)29-4)22-17-14(10-13(21)11-25(17)18(16)26)24-8-7-23(12(2)3)20(24)28/h10-12H,5-9H2,1-4H3. The predicted molar refractivity (Wildman–Crippen MR) is 115 cm³/mol. The molecule has 3 rings (SSSR count). The lowest BCUT2D eigenvalue weighted by molar-refractivity contribution is 0.0588. The van der Waals surface area contributed by atoms with Gasteiger partial charge in [-0.3, -0.25) is 14.1 Å². The molecule has 0 N–H and O–H groups in total. The highest BCUT2D eigenvalue weighted by molar-refractivity contribution is 9.10. The summed E-state index contributed by atoms with van der Waals surface area (Å²) in [4.78, 5) is 46.2. The van der Waals surface area contributed by atoms with Crippen LogP contribution in [0.25, 0.3) is 5.65 Å². The number of aromatic nitrogens is 2. The molecule has 30 heavy (non-hydrogen) atoms. The molecule has 0 aliphatic carbocycles. The van der Waals surface area contributed by atoms with Gasteiger partial charge in [-0.25, -0.2) is 14.6 Å². The zero-order chi connectivity index (χ0) is 22.0. The van der Waals surface area contributed by atoms with Crippen molar-refractivity contribution in [2.24, 2.45) is 0 Å². The molecule has 3 heterocycles. The van der Waals surface area contributed by atoms with E-state index in [-0.39, 0.29) is 35.8 Å². The molecule has 2 aromatic rings. The van der Waals surface area contributed by atoms with Gasteiger partial charge in [0.1, 0.15) is 0 Å². The highest BCUT2D eigenvalue weighted by Crippen LogP contribution is 2.29. The van der Waals surface area contributed by atoms with Gasteiger partial charge in [-0.15, -0.1) is 0 Å². The molecule has 2 aromatic heterocycles. The Morgan fingerprint density at radius 2 is 2.03 bits per heavy atom. The smallest absolute Gasteiger partial charge is 0.360 e. The fourth-order valence-electron chi connectivity index (χ4n) is 3.31. The first-order chi connectivity index (χ1) is 14.3. The van der Waals surface area contributed by atoms with Gasteiger partial charge in [0, 0.05) is 29.8 Å². The van der Waals surface area contributed by atoms with Crippen LogP contribution in [-0.4, -0.2) is 59.1 Å². The second-order valence-corrected chi connectivity index (χ2v) is 8.16. The van der Waals surface area contributed by atoms with Crippen molar-refractivity contribution in [2.75, 3.05) is 31.7 Å². The summed E-state index contributed by atoms with van der Waals surface area (Å²) in [6.45, 7) is 7.16. The van der Waals surface area contributed by atoms with Gasteiger partial charge in [0.25, 0.3) is 0 Å². The summed E-state index contributed by atoms with van der Waals surface area (Å²) in [6, 6.07) is 1.57. The lowest BCUT2D eigenvalue weighted by Gasteiger charge is -2.23. The second kappa shape index (κ2) is 9.03. The number of carbonyl (C=O) groups excluding carboxylic acids is 2. The van der Waals surface area contributed by atoms with E-state index in [1.165, 1.54) is 11.5 Å². The number of nitrogens with zero attached hydrogens (tertiary/aromatic N) is 4. The first-order valence-corrected chi connectivity index (χ1v) is 10.6. The predicted octanol–water partition coefficient (Wildman–Crippen LogP) is 3.07. The van der Waals surface area contributed by atoms with Gasteiger partial charge in [0.15, 0.2) is 11.3 Å². The molecule has 0 saturated carbocycles. The van der Waals surface area contributed by atoms with Gasteiger partial charge in [0.2, 0.25) is 5.75 Å². The summed E-state index contributed by atoms with van der Waals surface area (Å²) < 4.78 is 12.3. The molecule has 1 fully saturated rings. The molecule has 0 atom stereocenters. The average Bonchev–Trinajstić information content (AvgIpc) is 3.10. The van der Waals surface area contributed by atoms with Crippen LogP contribution in [0.5, 0.6) is 5.75 Å². The van der Waals surface area contributed by atoms with Crippen molar-refractivity contribution in [3.63, 3.8) is 0 Å². The number of methoxy groups -OCH3 is 1. The SMILES string of the molecule is CCCCOc1c(C(=O)OC)nc2c(N3CCN(C(C)C)C3=O)cc(Br)cn2c1=O. The number of anilines is 1. The fourth-order valence-corrected chi connectivity index (χ4v) is 3.73. The number of carbonyl (C=O) groups is 2. The number of ether oxygens (including phenoxy) is 2. The maximum atomic E-state index is 13.2. The molecule has 0 radical (unpaired) electrons. The van der Waals surface area contributed by atoms with Gasteiger partial charge in [0.05, 0.1) is 19.4 Å². The van der Waals surface area contributed by atoms with Gasteiger partial charge >= 0.3 is 17.6 Å². The van der Waals surface area contributed by atoms with Crippen LogP contribution in [0.1, 0.15) is 44.1 Å². The van der Waals surface area contributed by atoms with E-state index in [2.05, 4.69) is 20.9 Å². The highest BCUT2D eigenvalue weighted by Gasteiger charge is 2.33. The maximum absolute atomic E-state index is 13.2. The first-order valence-electron chi connectivity index (χ1n) is 9.85. The van der Waals surface area contributed by atoms with Crippen LogP contribution in [0.3, 0.4) is 0 Å². The zero-order valence-electron chi connectivity index (χ0n) is 17.5. The van der Waals surface area contributed by atoms with Crippen molar-refractivity contribution in [1.29, 1.82) is 0 Å². The average molecular weight is 481 g/mol. The third-order valence-corrected chi connectivity index (χ3v) is 5.34. The number of rotatable bonds is 7. The van der Waals surface area contributed by atoms with Crippen molar-refractivity contribution in [3.05, 3.63) is 32.8 Å². The Balaban J connectivity index is 2.21. The lowest BCUT2D eigenvalue weighted by atomic mass is 10.3. The molecule has 162 valence electrons. The van der Waals surface area contributed by atoms with Crippen molar-refractivity contribution in [1.82, 2.24) is 14.3 Å². The van der Waals surface area contributed by atoms with Crippen molar-refractivity contribution in [2.45, 2.75) is 39.7 Å². The van der Waals surface area contributed by atoms with Crippen molar-refractivity contribution in [3.8, 4) is 5.75 Å². The maximum Gasteiger partial charge on any atom is 0.360 e. The Hall–Kier alpha value is -2.62. The van der Waals surface area contributed by atoms with E-state index in [0.29, 0.717) is 23.2 Å². The topological polar surface area (TPSA) is 93.4 Å².